The molecule has 4 rings (SSSR count). The highest BCUT2D eigenvalue weighted by atomic mass is 35.5. The molecule has 0 saturated heterocycles. The van der Waals surface area contributed by atoms with Crippen molar-refractivity contribution < 1.29 is 0 Å². The number of nitrogens with zero attached hydrogens (tertiary/aromatic N) is 4. The van der Waals surface area contributed by atoms with Gasteiger partial charge in [-0.25, -0.2) is 9.67 Å². The predicted octanol–water partition coefficient (Wildman–Crippen LogP) is 3.70. The predicted molar refractivity (Wildman–Crippen MR) is 99.0 cm³/mol. The van der Waals surface area contributed by atoms with E-state index in [-0.39, 0.29) is 5.56 Å². The summed E-state index contributed by atoms with van der Waals surface area (Å²) < 4.78 is 3.10. The van der Waals surface area contributed by atoms with Crippen LogP contribution in [0.5, 0.6) is 0 Å². The molecule has 0 N–H and O–H groups in total. The average molecular weight is 349 g/mol. The van der Waals surface area contributed by atoms with E-state index in [0.717, 1.165) is 11.3 Å². The van der Waals surface area contributed by atoms with Crippen molar-refractivity contribution in [2.24, 2.45) is 0 Å². The summed E-state index contributed by atoms with van der Waals surface area (Å²) in [5.74, 6) is 0. The zero-order valence-electron chi connectivity index (χ0n) is 13.1. The number of halogens is 1. The Hall–Kier alpha value is -3.18. The Bertz CT molecular complexity index is 1110. The molecule has 0 spiro atoms. The Morgan fingerprint density at radius 1 is 1.00 bits per heavy atom. The fraction of sp³-hybridized carbons (Fsp3) is 0. The Labute approximate surface area is 148 Å². The van der Waals surface area contributed by atoms with Gasteiger partial charge in [0, 0.05) is 24.5 Å². The van der Waals surface area contributed by atoms with E-state index in [1.165, 1.54) is 10.6 Å². The summed E-state index contributed by atoms with van der Waals surface area (Å²) in [5, 5.41) is 0.421. The lowest BCUT2D eigenvalue weighted by Crippen LogP contribution is -2.20. The maximum Gasteiger partial charge on any atom is 0.273 e. The minimum absolute atomic E-state index is 0.202. The van der Waals surface area contributed by atoms with Gasteiger partial charge >= 0.3 is 0 Å². The molecule has 0 aliphatic heterocycles. The third-order valence-electron chi connectivity index (χ3n) is 3.72. The van der Waals surface area contributed by atoms with E-state index in [2.05, 4.69) is 9.97 Å². The van der Waals surface area contributed by atoms with Crippen molar-refractivity contribution in [3.8, 4) is 5.69 Å². The normalized spacial score (nSPS) is 11.4. The monoisotopic (exact) mass is 348 g/mol. The number of para-hydroxylation sites is 1. The first kappa shape index (κ1) is 15.4. The molecule has 0 fully saturated rings. The number of pyridine rings is 1. The van der Waals surface area contributed by atoms with Gasteiger partial charge < -0.3 is 0 Å². The lowest BCUT2D eigenvalue weighted by molar-refractivity contribution is 0.764. The highest BCUT2D eigenvalue weighted by Gasteiger charge is 2.12. The van der Waals surface area contributed by atoms with Gasteiger partial charge in [-0.2, -0.15) is 4.52 Å². The zero-order valence-corrected chi connectivity index (χ0v) is 13.8. The van der Waals surface area contributed by atoms with Crippen LogP contribution in [0.4, 0.5) is 0 Å². The molecule has 3 aromatic heterocycles. The van der Waals surface area contributed by atoms with Crippen LogP contribution in [-0.2, 0) is 0 Å². The second-order valence-corrected chi connectivity index (χ2v) is 5.81. The van der Waals surface area contributed by atoms with Crippen LogP contribution in [0.1, 0.15) is 11.3 Å². The van der Waals surface area contributed by atoms with E-state index >= 15 is 0 Å². The van der Waals surface area contributed by atoms with Crippen LogP contribution in [0.2, 0.25) is 5.15 Å². The maximum absolute atomic E-state index is 12.6. The summed E-state index contributed by atoms with van der Waals surface area (Å²) in [4.78, 5) is 21.2. The first-order valence-electron chi connectivity index (χ1n) is 7.67. The van der Waals surface area contributed by atoms with Crippen molar-refractivity contribution in [1.29, 1.82) is 0 Å². The first-order valence-corrected chi connectivity index (χ1v) is 8.05. The van der Waals surface area contributed by atoms with E-state index in [9.17, 15) is 4.79 Å². The summed E-state index contributed by atoms with van der Waals surface area (Å²) in [6.45, 7) is 0. The average Bonchev–Trinajstić information content (AvgIpc) is 2.98. The summed E-state index contributed by atoms with van der Waals surface area (Å²) in [5.41, 5.74) is 2.59. The van der Waals surface area contributed by atoms with Crippen LogP contribution >= 0.6 is 11.6 Å². The zero-order chi connectivity index (χ0) is 17.2. The van der Waals surface area contributed by atoms with Crippen molar-refractivity contribution in [3.05, 3.63) is 93.8 Å². The first-order chi connectivity index (χ1) is 12.2. The number of aromatic nitrogens is 4. The molecule has 25 heavy (non-hydrogen) atoms. The fourth-order valence-electron chi connectivity index (χ4n) is 2.62. The van der Waals surface area contributed by atoms with E-state index in [1.807, 2.05) is 48.5 Å². The van der Waals surface area contributed by atoms with Gasteiger partial charge in [-0.3, -0.25) is 9.78 Å². The second kappa shape index (κ2) is 6.37. The molecule has 6 heteroatoms. The van der Waals surface area contributed by atoms with Crippen LogP contribution in [-0.4, -0.2) is 19.2 Å². The molecule has 5 nitrogen and oxygen atoms in total. The van der Waals surface area contributed by atoms with Crippen LogP contribution in [0.25, 0.3) is 23.5 Å². The SMILES string of the molecule is O=c1cc(/C=C/c2cccnc2)nc2cc(Cl)n(-c3ccccc3)n12. The van der Waals surface area contributed by atoms with Gasteiger partial charge in [0.15, 0.2) is 5.65 Å². The molecule has 0 amide bonds. The highest BCUT2D eigenvalue weighted by Crippen LogP contribution is 2.19. The molecule has 4 aromatic rings. The van der Waals surface area contributed by atoms with Gasteiger partial charge in [-0.1, -0.05) is 41.9 Å². The molecule has 0 aliphatic rings. The Morgan fingerprint density at radius 2 is 1.84 bits per heavy atom. The van der Waals surface area contributed by atoms with E-state index in [1.54, 1.807) is 29.2 Å². The Kier molecular flexibility index (Phi) is 3.91. The van der Waals surface area contributed by atoms with Gasteiger partial charge in [0.05, 0.1) is 11.4 Å². The number of rotatable bonds is 3. The lowest BCUT2D eigenvalue weighted by atomic mass is 10.2. The lowest BCUT2D eigenvalue weighted by Gasteiger charge is -2.07. The standard InChI is InChI=1S/C19H13ClN4O/c20-17-12-18-22-15(9-8-14-5-4-10-21-13-14)11-19(25)24(18)23(17)16-6-2-1-3-7-16/h1-13H/b9-8+. The molecule has 0 unspecified atom stereocenters. The van der Waals surface area contributed by atoms with Crippen LogP contribution in [0, 0.1) is 0 Å². The van der Waals surface area contributed by atoms with Crippen LogP contribution in [0.3, 0.4) is 0 Å². The third kappa shape index (κ3) is 2.97. The molecule has 0 atom stereocenters. The molecule has 1 aromatic carbocycles. The molecular weight excluding hydrogens is 336 g/mol. The van der Waals surface area contributed by atoms with Gasteiger partial charge in [0.1, 0.15) is 5.15 Å². The summed E-state index contributed by atoms with van der Waals surface area (Å²) in [7, 11) is 0. The van der Waals surface area contributed by atoms with Crippen molar-refractivity contribution in [1.82, 2.24) is 19.2 Å². The van der Waals surface area contributed by atoms with E-state index in [4.69, 9.17) is 11.6 Å². The molecule has 3 heterocycles. The summed E-state index contributed by atoms with van der Waals surface area (Å²) in [6.07, 6.45) is 7.10. The second-order valence-electron chi connectivity index (χ2n) is 5.42. The third-order valence-corrected chi connectivity index (χ3v) is 3.99. The van der Waals surface area contributed by atoms with Crippen LogP contribution < -0.4 is 5.56 Å². The van der Waals surface area contributed by atoms with Gasteiger partial charge in [0.25, 0.3) is 5.56 Å². The number of benzene rings is 1. The number of fused-ring (bicyclic) bond motifs is 1. The van der Waals surface area contributed by atoms with Crippen molar-refractivity contribution in [3.63, 3.8) is 0 Å². The van der Waals surface area contributed by atoms with Crippen molar-refractivity contribution in [2.45, 2.75) is 0 Å². The maximum atomic E-state index is 12.6. The number of hydrogen-bond acceptors (Lipinski definition) is 3. The van der Waals surface area contributed by atoms with E-state index < -0.39 is 0 Å². The molecule has 122 valence electrons. The minimum Gasteiger partial charge on any atom is -0.267 e. The minimum atomic E-state index is -0.202. The smallest absolute Gasteiger partial charge is 0.267 e. The van der Waals surface area contributed by atoms with Crippen LogP contribution in [0.15, 0.2) is 71.8 Å². The quantitative estimate of drug-likeness (QED) is 0.567. The van der Waals surface area contributed by atoms with Gasteiger partial charge in [-0.15, -0.1) is 0 Å². The molecular formula is C19H13ClN4O. The van der Waals surface area contributed by atoms with Gasteiger partial charge in [-0.05, 0) is 29.8 Å². The number of hydrogen-bond donors (Lipinski definition) is 0. The summed E-state index contributed by atoms with van der Waals surface area (Å²) in [6, 6.07) is 16.4. The van der Waals surface area contributed by atoms with E-state index in [0.29, 0.717) is 16.5 Å². The molecule has 0 radical (unpaired) electrons. The van der Waals surface area contributed by atoms with Gasteiger partial charge in [0.2, 0.25) is 0 Å². The molecule has 0 aliphatic carbocycles. The largest absolute Gasteiger partial charge is 0.273 e. The summed E-state index contributed by atoms with van der Waals surface area (Å²) >= 11 is 6.34. The Morgan fingerprint density at radius 3 is 2.60 bits per heavy atom. The molecule has 0 saturated carbocycles. The highest BCUT2D eigenvalue weighted by molar-refractivity contribution is 6.30. The topological polar surface area (TPSA) is 52.2 Å². The fourth-order valence-corrected chi connectivity index (χ4v) is 2.89. The van der Waals surface area contributed by atoms with Crippen molar-refractivity contribution >= 4 is 29.4 Å². The Balaban J connectivity index is 1.82. The van der Waals surface area contributed by atoms with Crippen molar-refractivity contribution in [2.75, 3.05) is 0 Å². The molecule has 0 bridgehead atoms.